The second-order valence-corrected chi connectivity index (χ2v) is 24.4. The summed E-state index contributed by atoms with van der Waals surface area (Å²) in [7, 11) is 0. The van der Waals surface area contributed by atoms with Gasteiger partial charge in [-0.05, 0) is 129 Å². The number of hydrogen-bond donors (Lipinski definition) is 2. The third-order valence-corrected chi connectivity index (χ3v) is 15.8. The van der Waals surface area contributed by atoms with Gasteiger partial charge < -0.3 is 43.7 Å². The molecular formula is C57H72N6O15S2. The second-order valence-electron chi connectivity index (χ2n) is 22.2. The van der Waals surface area contributed by atoms with Crippen LogP contribution in [-0.2, 0) is 28.5 Å². The molecule has 4 aromatic carbocycles. The largest absolute Gasteiger partial charge is 0.508 e. The molecule has 4 fully saturated rings. The van der Waals surface area contributed by atoms with Crippen LogP contribution in [-0.4, -0.2) is 128 Å². The predicted molar refractivity (Wildman–Crippen MR) is 302 cm³/mol. The Balaban J connectivity index is 0.000000190. The number of likely N-dealkylation sites (tertiary alicyclic amines) is 2. The van der Waals surface area contributed by atoms with E-state index >= 15 is 0 Å². The summed E-state index contributed by atoms with van der Waals surface area (Å²) < 4.78 is 29.2. The lowest BCUT2D eigenvalue weighted by atomic mass is 9.91. The Hall–Kier alpha value is -6.66. The summed E-state index contributed by atoms with van der Waals surface area (Å²) in [5.74, 6) is 0.403. The first kappa shape index (κ1) is 61.0. The Morgan fingerprint density at radius 3 is 1.31 bits per heavy atom. The Labute approximate surface area is 474 Å². The molecule has 0 bridgehead atoms. The van der Waals surface area contributed by atoms with Gasteiger partial charge in [-0.3, -0.25) is 39.6 Å². The van der Waals surface area contributed by atoms with Crippen LogP contribution in [0.2, 0.25) is 0 Å². The van der Waals surface area contributed by atoms with Crippen molar-refractivity contribution in [3.63, 3.8) is 0 Å². The number of carbonyl (C=O) groups excluding carboxylic acids is 4. The number of hydrogen-bond acceptors (Lipinski definition) is 17. The van der Waals surface area contributed by atoms with E-state index in [1.165, 1.54) is 78.7 Å². The summed E-state index contributed by atoms with van der Waals surface area (Å²) in [6.07, 6.45) is 6.39. The van der Waals surface area contributed by atoms with E-state index in [1.54, 1.807) is 32.9 Å². The summed E-state index contributed by atoms with van der Waals surface area (Å²) in [5, 5.41) is 40.9. The van der Waals surface area contributed by atoms with Crippen molar-refractivity contribution in [2.45, 2.75) is 182 Å². The van der Waals surface area contributed by atoms with Crippen LogP contribution in [0, 0.1) is 20.2 Å². The number of nitro groups is 2. The zero-order valence-electron chi connectivity index (χ0n) is 45.6. The Morgan fingerprint density at radius 1 is 0.550 bits per heavy atom. The summed E-state index contributed by atoms with van der Waals surface area (Å²) in [4.78, 5) is 79.1. The second kappa shape index (κ2) is 25.4. The number of piperidine rings is 2. The van der Waals surface area contributed by atoms with E-state index in [9.17, 15) is 49.6 Å². The maximum Gasteiger partial charge on any atom is 0.410 e. The first-order chi connectivity index (χ1) is 37.3. The molecule has 0 spiro atoms. The van der Waals surface area contributed by atoms with Crippen LogP contribution >= 0.6 is 23.5 Å². The zero-order chi connectivity index (χ0) is 57.1. The van der Waals surface area contributed by atoms with Gasteiger partial charge in [-0.25, -0.2) is 9.59 Å². The Bertz CT molecular complexity index is 2940. The fourth-order valence-electron chi connectivity index (χ4n) is 9.66. The van der Waals surface area contributed by atoms with E-state index in [4.69, 9.17) is 23.7 Å². The number of anilines is 4. The molecular weight excluding hydrogens is 1070 g/mol. The number of non-ortho nitro benzene ring substituents is 2. The molecule has 0 atom stereocenters. The van der Waals surface area contributed by atoms with Crippen LogP contribution in [0.4, 0.5) is 43.7 Å². The number of rotatable bonds is 8. The van der Waals surface area contributed by atoms with E-state index in [0.29, 0.717) is 63.7 Å². The summed E-state index contributed by atoms with van der Waals surface area (Å²) in [6.45, 7) is 16.8. The molecule has 10 rings (SSSR count). The third-order valence-electron chi connectivity index (χ3n) is 13.6. The summed E-state index contributed by atoms with van der Waals surface area (Å²) in [6, 6.07) is 19.2. The number of phenolic OH excluding ortho intramolecular Hbond substituents is 1. The maximum atomic E-state index is 12.5. The Kier molecular flexibility index (Phi) is 19.4. The van der Waals surface area contributed by atoms with Crippen LogP contribution < -0.4 is 14.5 Å². The van der Waals surface area contributed by atoms with Gasteiger partial charge in [0.2, 0.25) is 11.8 Å². The highest BCUT2D eigenvalue weighted by Gasteiger charge is 2.37. The molecule has 6 aliphatic rings. The molecule has 0 aromatic heterocycles. The molecule has 80 heavy (non-hydrogen) atoms. The van der Waals surface area contributed by atoms with Crippen LogP contribution in [0.1, 0.15) is 114 Å². The minimum absolute atomic E-state index is 0. The number of aliphatic hydroxyl groups excluding tert-OH is 1. The first-order valence-electron chi connectivity index (χ1n) is 26.4. The fourth-order valence-corrected chi connectivity index (χ4v) is 11.9. The number of phenols is 1. The average Bonchev–Trinajstić information content (AvgIpc) is 3.56. The lowest BCUT2D eigenvalue weighted by Crippen LogP contribution is -2.46. The quantitative estimate of drug-likeness (QED) is 0.123. The number of amides is 4. The highest BCUT2D eigenvalue weighted by atomic mass is 32.2. The lowest BCUT2D eigenvalue weighted by molar-refractivity contribution is -0.385. The van der Waals surface area contributed by atoms with Gasteiger partial charge in [-0.2, -0.15) is 0 Å². The molecule has 4 aromatic rings. The minimum Gasteiger partial charge on any atom is -0.508 e. The zero-order valence-corrected chi connectivity index (χ0v) is 47.2. The van der Waals surface area contributed by atoms with Crippen LogP contribution in [0.3, 0.4) is 0 Å². The number of aliphatic hydroxyl groups is 1. The van der Waals surface area contributed by atoms with Crippen LogP contribution in [0.25, 0.3) is 0 Å². The molecule has 4 aliphatic heterocycles. The van der Waals surface area contributed by atoms with Crippen molar-refractivity contribution in [2.75, 3.05) is 36.0 Å². The standard InChI is InChI=1S/C28H33N3O7S.C14H10N2O4S.C14H25NO4.CH4/c1-17(32)30-23-7-5-18(31(34)35)13-25(23)39-26-16-20(6-8-24(26)30)37-22-14-21(15-22)36-19-9-11-29(12-10-19)27(33)38-28(2,3)4;1-8(17)15-11-4-2-9(16(19)20)6-13(11)21-14-7-10(18)3-5-12(14)15;1-14(2,3)19-13(17)15-6-4-11(5-7-15)18-12-8-10(16)9-12;/h5-8,13,16,19,21-22H,9-12,14-15H2,1-4H3;2-7,18H,1H3;10-12,16H,4-9H2,1-3H3;1H4. The van der Waals surface area contributed by atoms with Gasteiger partial charge in [0.15, 0.2) is 0 Å². The van der Waals surface area contributed by atoms with E-state index in [-0.39, 0.29) is 85.2 Å². The molecule has 21 nitrogen and oxygen atoms in total. The van der Waals surface area contributed by atoms with Gasteiger partial charge in [-0.1, -0.05) is 31.0 Å². The van der Waals surface area contributed by atoms with Crippen molar-refractivity contribution < 1.29 is 62.9 Å². The van der Waals surface area contributed by atoms with Gasteiger partial charge in [0.05, 0.1) is 63.1 Å². The molecule has 4 amide bonds. The van der Waals surface area contributed by atoms with E-state index in [1.807, 2.05) is 59.7 Å². The number of carbonyl (C=O) groups is 4. The molecule has 4 heterocycles. The average molecular weight is 1150 g/mol. The fraction of sp³-hybridized carbons (Fsp3) is 0.509. The topological polar surface area (TPSA) is 254 Å². The summed E-state index contributed by atoms with van der Waals surface area (Å²) >= 11 is 2.68. The molecule has 0 radical (unpaired) electrons. The van der Waals surface area contributed by atoms with Crippen molar-refractivity contribution >= 4 is 81.6 Å². The van der Waals surface area contributed by atoms with Gasteiger partial charge >= 0.3 is 12.2 Å². The Morgan fingerprint density at radius 2 is 0.925 bits per heavy atom. The molecule has 2 saturated heterocycles. The lowest BCUT2D eigenvalue weighted by Gasteiger charge is -2.40. The smallest absolute Gasteiger partial charge is 0.410 e. The van der Waals surface area contributed by atoms with Crippen LogP contribution in [0.5, 0.6) is 11.5 Å². The van der Waals surface area contributed by atoms with Gasteiger partial charge in [0.1, 0.15) is 28.8 Å². The van der Waals surface area contributed by atoms with Crippen molar-refractivity contribution in [1.29, 1.82) is 0 Å². The number of aromatic hydroxyl groups is 1. The summed E-state index contributed by atoms with van der Waals surface area (Å²) in [5.41, 5.74) is 1.64. The van der Waals surface area contributed by atoms with Gasteiger partial charge in [-0.15, -0.1) is 0 Å². The van der Waals surface area contributed by atoms with E-state index < -0.39 is 21.0 Å². The predicted octanol–water partition coefficient (Wildman–Crippen LogP) is 12.1. The molecule has 2 N–H and O–H groups in total. The normalized spacial score (nSPS) is 20.4. The SMILES string of the molecule is C.CC(=O)N1c2ccc(O)cc2Sc2cc([N+](=O)[O-])ccc21.CC(=O)N1c2ccc(OC3CC(OC4CCN(C(=O)OC(C)(C)C)CC4)C3)cc2Sc2cc([N+](=O)[O-])ccc21.CC(C)(C)OC(=O)N1CCC(OC2CC(O)C2)CC1. The maximum absolute atomic E-state index is 12.5. The highest BCUT2D eigenvalue weighted by molar-refractivity contribution is 8.00. The number of fused-ring (bicyclic) bond motifs is 4. The minimum atomic E-state index is -0.500. The van der Waals surface area contributed by atoms with Gasteiger partial charge in [0, 0.05) is 96.7 Å². The highest BCUT2D eigenvalue weighted by Crippen LogP contribution is 2.52. The monoisotopic (exact) mass is 1140 g/mol. The van der Waals surface area contributed by atoms with Crippen molar-refractivity contribution in [3.05, 3.63) is 93.0 Å². The molecule has 0 unspecified atom stereocenters. The number of benzene rings is 4. The van der Waals surface area contributed by atoms with Crippen LogP contribution in [0.15, 0.2) is 92.4 Å². The van der Waals surface area contributed by atoms with Gasteiger partial charge in [0.25, 0.3) is 11.4 Å². The third kappa shape index (κ3) is 15.4. The number of nitrogens with zero attached hydrogens (tertiary/aromatic N) is 6. The number of ether oxygens (including phenoxy) is 5. The van der Waals surface area contributed by atoms with Crippen molar-refractivity contribution in [1.82, 2.24) is 9.80 Å². The number of nitro benzene ring substituents is 2. The first-order valence-corrected chi connectivity index (χ1v) is 28.0. The van der Waals surface area contributed by atoms with E-state index in [0.717, 1.165) is 61.9 Å². The van der Waals surface area contributed by atoms with Crippen molar-refractivity contribution in [2.24, 2.45) is 0 Å². The molecule has 2 saturated carbocycles. The molecule has 23 heteroatoms. The molecule has 2 aliphatic carbocycles. The van der Waals surface area contributed by atoms with E-state index in [2.05, 4.69) is 0 Å². The molecule has 432 valence electrons. The van der Waals surface area contributed by atoms with Crippen molar-refractivity contribution in [3.8, 4) is 11.5 Å².